The summed E-state index contributed by atoms with van der Waals surface area (Å²) in [6.07, 6.45) is 0.0508. The Balaban J connectivity index is 2.00. The van der Waals surface area contributed by atoms with Crippen molar-refractivity contribution < 1.29 is 14.3 Å². The Morgan fingerprint density at radius 1 is 1.11 bits per heavy atom. The molecule has 3 rings (SSSR count). The number of ether oxygens (including phenoxy) is 1. The summed E-state index contributed by atoms with van der Waals surface area (Å²) in [5.74, 6) is 0.465. The fourth-order valence-corrected chi connectivity index (χ4v) is 2.23. The van der Waals surface area contributed by atoms with Gasteiger partial charge in [-0.05, 0) is 23.8 Å². The van der Waals surface area contributed by atoms with Crippen molar-refractivity contribution in [2.24, 2.45) is 5.16 Å². The van der Waals surface area contributed by atoms with Gasteiger partial charge in [0.15, 0.2) is 6.10 Å². The van der Waals surface area contributed by atoms with E-state index < -0.39 is 6.10 Å². The van der Waals surface area contributed by atoms with Crippen LogP contribution in [0.4, 0.5) is 4.39 Å². The van der Waals surface area contributed by atoms with Crippen LogP contribution in [0.1, 0.15) is 17.2 Å². The molecule has 1 aliphatic rings. The van der Waals surface area contributed by atoms with Crippen LogP contribution in [0.25, 0.3) is 0 Å². The highest BCUT2D eigenvalue weighted by Crippen LogP contribution is 2.33. The second kappa shape index (κ2) is 4.72. The molecule has 3 nitrogen and oxygen atoms in total. The van der Waals surface area contributed by atoms with Crippen molar-refractivity contribution in [2.45, 2.75) is 12.5 Å². The Morgan fingerprint density at radius 3 is 2.58 bits per heavy atom. The van der Waals surface area contributed by atoms with Gasteiger partial charge in [0.05, 0.1) is 0 Å². The van der Waals surface area contributed by atoms with Crippen molar-refractivity contribution in [1.29, 1.82) is 0 Å². The van der Waals surface area contributed by atoms with Gasteiger partial charge in [-0.1, -0.05) is 35.5 Å². The molecule has 1 heterocycles. The number of hydrogen-bond acceptors (Lipinski definition) is 3. The third kappa shape index (κ3) is 2.17. The Morgan fingerprint density at radius 2 is 1.84 bits per heavy atom. The first kappa shape index (κ1) is 11.7. The van der Waals surface area contributed by atoms with Crippen LogP contribution in [-0.2, 0) is 6.42 Å². The van der Waals surface area contributed by atoms with Crippen LogP contribution >= 0.6 is 0 Å². The second-order valence-electron chi connectivity index (χ2n) is 4.43. The normalized spacial score (nSPS) is 19.8. The van der Waals surface area contributed by atoms with E-state index >= 15 is 0 Å². The summed E-state index contributed by atoms with van der Waals surface area (Å²) >= 11 is 0. The Hall–Kier alpha value is -2.36. The van der Waals surface area contributed by atoms with Crippen LogP contribution in [0.3, 0.4) is 0 Å². The number of fused-ring (bicyclic) bond motifs is 1. The van der Waals surface area contributed by atoms with Crippen LogP contribution in [0, 0.1) is 5.82 Å². The van der Waals surface area contributed by atoms with Gasteiger partial charge >= 0.3 is 0 Å². The van der Waals surface area contributed by atoms with Crippen molar-refractivity contribution >= 4 is 5.71 Å². The lowest BCUT2D eigenvalue weighted by molar-refractivity contribution is 0.243. The third-order valence-electron chi connectivity index (χ3n) is 3.19. The average molecular weight is 257 g/mol. The molecule has 19 heavy (non-hydrogen) atoms. The maximum atomic E-state index is 13.0. The standard InChI is InChI=1S/C15H12FNO2/c16-12-7-5-10(6-8-12)15-13(17-18)9-11-3-1-2-4-14(11)19-15/h1-8,15,18H,9H2. The Kier molecular flexibility index (Phi) is 2.91. The molecule has 1 atom stereocenters. The minimum absolute atomic E-state index is 0.303. The number of oxime groups is 1. The summed E-state index contributed by atoms with van der Waals surface area (Å²) in [6, 6.07) is 13.6. The summed E-state index contributed by atoms with van der Waals surface area (Å²) in [4.78, 5) is 0. The molecule has 0 fully saturated rings. The molecule has 0 amide bonds. The van der Waals surface area contributed by atoms with E-state index in [1.807, 2.05) is 24.3 Å². The van der Waals surface area contributed by atoms with Crippen molar-refractivity contribution in [2.75, 3.05) is 0 Å². The molecule has 0 spiro atoms. The SMILES string of the molecule is ON=C1Cc2ccccc2OC1c1ccc(F)cc1. The molecular formula is C15H12FNO2. The van der Waals surface area contributed by atoms with Crippen molar-refractivity contribution in [3.8, 4) is 5.75 Å². The largest absolute Gasteiger partial charge is 0.479 e. The van der Waals surface area contributed by atoms with E-state index in [1.165, 1.54) is 12.1 Å². The summed E-state index contributed by atoms with van der Waals surface area (Å²) in [7, 11) is 0. The van der Waals surface area contributed by atoms with Gasteiger partial charge in [0.25, 0.3) is 0 Å². The number of halogens is 1. The van der Waals surface area contributed by atoms with Gasteiger partial charge < -0.3 is 9.94 Å². The van der Waals surface area contributed by atoms with E-state index in [1.54, 1.807) is 12.1 Å². The van der Waals surface area contributed by atoms with Gasteiger partial charge in [0.1, 0.15) is 17.3 Å². The highest BCUT2D eigenvalue weighted by molar-refractivity contribution is 5.93. The predicted molar refractivity (Wildman–Crippen MR) is 69.1 cm³/mol. The topological polar surface area (TPSA) is 41.8 Å². The van der Waals surface area contributed by atoms with E-state index in [4.69, 9.17) is 9.94 Å². The van der Waals surface area contributed by atoms with Gasteiger partial charge in [-0.3, -0.25) is 0 Å². The lowest BCUT2D eigenvalue weighted by Gasteiger charge is -2.27. The third-order valence-corrected chi connectivity index (χ3v) is 3.19. The molecule has 2 aromatic carbocycles. The lowest BCUT2D eigenvalue weighted by Crippen LogP contribution is -2.26. The zero-order valence-corrected chi connectivity index (χ0v) is 10.1. The van der Waals surface area contributed by atoms with Crippen molar-refractivity contribution in [1.82, 2.24) is 0 Å². The highest BCUT2D eigenvalue weighted by Gasteiger charge is 2.27. The van der Waals surface area contributed by atoms with Gasteiger partial charge in [-0.2, -0.15) is 0 Å². The zero-order chi connectivity index (χ0) is 13.2. The molecule has 2 aromatic rings. The first-order valence-electron chi connectivity index (χ1n) is 5.99. The summed E-state index contributed by atoms with van der Waals surface area (Å²) in [6.45, 7) is 0. The van der Waals surface area contributed by atoms with Crippen molar-refractivity contribution in [3.05, 3.63) is 65.5 Å². The summed E-state index contributed by atoms with van der Waals surface area (Å²) < 4.78 is 18.8. The Labute approximate surface area is 110 Å². The quantitative estimate of drug-likeness (QED) is 0.629. The molecule has 0 bridgehead atoms. The summed E-state index contributed by atoms with van der Waals surface area (Å²) in [5.41, 5.74) is 2.27. The molecule has 0 saturated heterocycles. The molecule has 1 N–H and O–H groups in total. The predicted octanol–water partition coefficient (Wildman–Crippen LogP) is 3.33. The summed E-state index contributed by atoms with van der Waals surface area (Å²) in [5, 5.41) is 12.5. The van der Waals surface area contributed by atoms with Gasteiger partial charge in [0.2, 0.25) is 0 Å². The number of para-hydroxylation sites is 1. The second-order valence-corrected chi connectivity index (χ2v) is 4.43. The molecule has 4 heteroatoms. The molecule has 1 aliphatic heterocycles. The minimum Gasteiger partial charge on any atom is -0.479 e. The molecule has 0 aromatic heterocycles. The number of nitrogens with zero attached hydrogens (tertiary/aromatic N) is 1. The van der Waals surface area contributed by atoms with Crippen LogP contribution in [0.5, 0.6) is 5.75 Å². The van der Waals surface area contributed by atoms with E-state index in [0.29, 0.717) is 12.1 Å². The van der Waals surface area contributed by atoms with E-state index in [-0.39, 0.29) is 5.82 Å². The molecular weight excluding hydrogens is 245 g/mol. The van der Waals surface area contributed by atoms with E-state index in [0.717, 1.165) is 16.9 Å². The zero-order valence-electron chi connectivity index (χ0n) is 10.1. The monoisotopic (exact) mass is 257 g/mol. The Bertz CT molecular complexity index is 622. The molecule has 0 radical (unpaired) electrons. The van der Waals surface area contributed by atoms with Gasteiger partial charge in [-0.25, -0.2) is 4.39 Å². The van der Waals surface area contributed by atoms with Crippen LogP contribution in [-0.4, -0.2) is 10.9 Å². The van der Waals surface area contributed by atoms with Crippen molar-refractivity contribution in [3.63, 3.8) is 0 Å². The van der Waals surface area contributed by atoms with Gasteiger partial charge in [0, 0.05) is 12.0 Å². The molecule has 1 unspecified atom stereocenters. The van der Waals surface area contributed by atoms with Crippen LogP contribution in [0.15, 0.2) is 53.7 Å². The lowest BCUT2D eigenvalue weighted by atomic mass is 9.95. The van der Waals surface area contributed by atoms with E-state index in [2.05, 4.69) is 5.16 Å². The average Bonchev–Trinajstić information content (AvgIpc) is 2.46. The molecule has 0 saturated carbocycles. The maximum absolute atomic E-state index is 13.0. The highest BCUT2D eigenvalue weighted by atomic mass is 19.1. The number of rotatable bonds is 1. The molecule has 0 aliphatic carbocycles. The minimum atomic E-state index is -0.472. The number of benzene rings is 2. The van der Waals surface area contributed by atoms with Crippen LogP contribution in [0.2, 0.25) is 0 Å². The first-order chi connectivity index (χ1) is 9.28. The first-order valence-corrected chi connectivity index (χ1v) is 5.99. The number of hydrogen-bond donors (Lipinski definition) is 1. The maximum Gasteiger partial charge on any atom is 0.165 e. The fourth-order valence-electron chi connectivity index (χ4n) is 2.23. The molecule has 96 valence electrons. The fraction of sp³-hybridized carbons (Fsp3) is 0.133. The van der Waals surface area contributed by atoms with Crippen LogP contribution < -0.4 is 4.74 Å². The van der Waals surface area contributed by atoms with Gasteiger partial charge in [-0.15, -0.1) is 0 Å². The van der Waals surface area contributed by atoms with E-state index in [9.17, 15) is 4.39 Å². The smallest absolute Gasteiger partial charge is 0.165 e.